The lowest BCUT2D eigenvalue weighted by Gasteiger charge is -2.34. The Labute approximate surface area is 128 Å². The molecule has 1 aromatic carbocycles. The van der Waals surface area contributed by atoms with Crippen LogP contribution in [-0.4, -0.2) is 19.1 Å². The van der Waals surface area contributed by atoms with Crippen molar-refractivity contribution >= 4 is 11.6 Å². The second-order valence-corrected chi connectivity index (χ2v) is 5.63. The monoisotopic (exact) mass is 309 g/mol. The summed E-state index contributed by atoms with van der Waals surface area (Å²) in [4.78, 5) is 13.8. The fraction of sp³-hybridized carbons (Fsp3) is 0.471. The number of anilines is 1. The molecule has 1 aliphatic rings. The molecule has 0 saturated heterocycles. The van der Waals surface area contributed by atoms with Gasteiger partial charge in [-0.1, -0.05) is 24.8 Å². The van der Waals surface area contributed by atoms with Crippen molar-refractivity contribution in [3.05, 3.63) is 29.8 Å². The molecule has 118 valence electrons. The molecule has 0 aromatic heterocycles. The van der Waals surface area contributed by atoms with Gasteiger partial charge in [0.1, 0.15) is 0 Å². The predicted octanol–water partition coefficient (Wildman–Crippen LogP) is 4.00. The van der Waals surface area contributed by atoms with Crippen LogP contribution < -0.4 is 4.90 Å². The van der Waals surface area contributed by atoms with Crippen molar-refractivity contribution in [3.8, 4) is 12.3 Å². The molecular formula is C17H18F3NO. The summed E-state index contributed by atoms with van der Waals surface area (Å²) in [5.41, 5.74) is 1.11. The van der Waals surface area contributed by atoms with Crippen LogP contribution in [0.1, 0.15) is 31.2 Å². The van der Waals surface area contributed by atoms with Gasteiger partial charge in [0.15, 0.2) is 0 Å². The van der Waals surface area contributed by atoms with Gasteiger partial charge >= 0.3 is 6.18 Å². The molecule has 1 aliphatic carbocycles. The second-order valence-electron chi connectivity index (χ2n) is 5.63. The van der Waals surface area contributed by atoms with Gasteiger partial charge in [0.25, 0.3) is 0 Å². The number of amides is 1. The van der Waals surface area contributed by atoms with Gasteiger partial charge in [-0.25, -0.2) is 0 Å². The van der Waals surface area contributed by atoms with Gasteiger partial charge in [-0.15, -0.1) is 6.42 Å². The number of nitrogens with zero attached hydrogens (tertiary/aromatic N) is 1. The molecule has 1 amide bonds. The summed E-state index contributed by atoms with van der Waals surface area (Å²) < 4.78 is 39.4. The minimum absolute atomic E-state index is 0.0259. The van der Waals surface area contributed by atoms with E-state index in [2.05, 4.69) is 5.92 Å². The average molecular weight is 309 g/mol. The van der Waals surface area contributed by atoms with Crippen LogP contribution in [0, 0.1) is 24.2 Å². The number of hydrogen-bond donors (Lipinski definition) is 0. The maximum atomic E-state index is 13.1. The molecule has 2 atom stereocenters. The summed E-state index contributed by atoms with van der Waals surface area (Å²) in [7, 11) is 1.50. The van der Waals surface area contributed by atoms with Crippen molar-refractivity contribution in [2.75, 3.05) is 11.9 Å². The van der Waals surface area contributed by atoms with Gasteiger partial charge in [-0.2, -0.15) is 13.2 Å². The molecule has 0 aliphatic heterocycles. The highest BCUT2D eigenvalue weighted by Crippen LogP contribution is 2.42. The summed E-state index contributed by atoms with van der Waals surface area (Å²) in [5, 5.41) is 0. The first kappa shape index (κ1) is 16.4. The first-order chi connectivity index (χ1) is 10.3. The van der Waals surface area contributed by atoms with Gasteiger partial charge < -0.3 is 4.90 Å². The van der Waals surface area contributed by atoms with Gasteiger partial charge in [0, 0.05) is 24.2 Å². The molecule has 22 heavy (non-hydrogen) atoms. The molecule has 0 N–H and O–H groups in total. The van der Waals surface area contributed by atoms with Crippen molar-refractivity contribution in [2.45, 2.75) is 31.9 Å². The largest absolute Gasteiger partial charge is 0.392 e. The molecule has 1 fully saturated rings. The van der Waals surface area contributed by atoms with E-state index in [1.165, 1.54) is 11.9 Å². The lowest BCUT2D eigenvalue weighted by Crippen LogP contribution is -2.43. The topological polar surface area (TPSA) is 20.3 Å². The molecule has 0 heterocycles. The van der Waals surface area contributed by atoms with Crippen molar-refractivity contribution in [1.82, 2.24) is 0 Å². The van der Waals surface area contributed by atoms with Crippen LogP contribution in [0.4, 0.5) is 18.9 Å². The zero-order valence-corrected chi connectivity index (χ0v) is 12.4. The SMILES string of the molecule is C#Cc1cccc(N(C)C(=O)[C@H]2CCCC[C@H]2C(F)(F)F)c1. The molecule has 5 heteroatoms. The van der Waals surface area contributed by atoms with E-state index < -0.39 is 23.9 Å². The number of carbonyl (C=O) groups excluding carboxylic acids is 1. The van der Waals surface area contributed by atoms with Crippen LogP contribution in [0.25, 0.3) is 0 Å². The molecule has 1 saturated carbocycles. The fourth-order valence-corrected chi connectivity index (χ4v) is 3.00. The van der Waals surface area contributed by atoms with E-state index in [-0.39, 0.29) is 12.8 Å². The smallest absolute Gasteiger partial charge is 0.315 e. The van der Waals surface area contributed by atoms with Crippen molar-refractivity contribution in [3.63, 3.8) is 0 Å². The Balaban J connectivity index is 2.23. The van der Waals surface area contributed by atoms with E-state index in [9.17, 15) is 18.0 Å². The van der Waals surface area contributed by atoms with E-state index in [1.807, 2.05) is 0 Å². The van der Waals surface area contributed by atoms with Crippen molar-refractivity contribution in [2.24, 2.45) is 11.8 Å². The molecule has 2 rings (SSSR count). The maximum Gasteiger partial charge on any atom is 0.392 e. The van der Waals surface area contributed by atoms with E-state index in [1.54, 1.807) is 24.3 Å². The first-order valence-corrected chi connectivity index (χ1v) is 7.25. The molecule has 0 unspecified atom stereocenters. The highest BCUT2D eigenvalue weighted by atomic mass is 19.4. The van der Waals surface area contributed by atoms with Gasteiger partial charge in [-0.3, -0.25) is 4.79 Å². The Hall–Kier alpha value is -1.96. The Morgan fingerprint density at radius 1 is 1.32 bits per heavy atom. The Morgan fingerprint density at radius 3 is 2.64 bits per heavy atom. The predicted molar refractivity (Wildman–Crippen MR) is 79.3 cm³/mol. The van der Waals surface area contributed by atoms with Crippen LogP contribution in [-0.2, 0) is 4.79 Å². The summed E-state index contributed by atoms with van der Waals surface area (Å²) in [5.74, 6) is -0.589. The standard InChI is InChI=1S/C17H18F3NO/c1-3-12-7-6-8-13(11-12)21(2)16(22)14-9-4-5-10-15(14)17(18,19)20/h1,6-8,11,14-15H,4-5,9-10H2,2H3/t14-,15+/m0/s1. The average Bonchev–Trinajstić information content (AvgIpc) is 2.52. The Morgan fingerprint density at radius 2 is 2.00 bits per heavy atom. The number of benzene rings is 1. The summed E-state index contributed by atoms with van der Waals surface area (Å²) in [6.45, 7) is 0. The third-order valence-corrected chi connectivity index (χ3v) is 4.23. The summed E-state index contributed by atoms with van der Waals surface area (Å²) >= 11 is 0. The van der Waals surface area contributed by atoms with Crippen LogP contribution in [0.5, 0.6) is 0 Å². The zero-order valence-electron chi connectivity index (χ0n) is 12.4. The Kier molecular flexibility index (Phi) is 4.80. The summed E-state index contributed by atoms with van der Waals surface area (Å²) in [6, 6.07) is 6.70. The highest BCUT2D eigenvalue weighted by molar-refractivity contribution is 5.95. The lowest BCUT2D eigenvalue weighted by atomic mass is 9.78. The van der Waals surface area contributed by atoms with E-state index in [0.29, 0.717) is 24.1 Å². The third-order valence-electron chi connectivity index (χ3n) is 4.23. The molecular weight excluding hydrogens is 291 g/mol. The number of terminal acetylenes is 1. The molecule has 0 spiro atoms. The van der Waals surface area contributed by atoms with E-state index in [4.69, 9.17) is 6.42 Å². The lowest BCUT2D eigenvalue weighted by molar-refractivity contribution is -0.197. The minimum Gasteiger partial charge on any atom is -0.315 e. The molecule has 0 bridgehead atoms. The number of halogens is 3. The van der Waals surface area contributed by atoms with Crippen LogP contribution in [0.15, 0.2) is 24.3 Å². The quantitative estimate of drug-likeness (QED) is 0.756. The zero-order chi connectivity index (χ0) is 16.3. The fourth-order valence-electron chi connectivity index (χ4n) is 3.00. The van der Waals surface area contributed by atoms with E-state index in [0.717, 1.165) is 0 Å². The second kappa shape index (κ2) is 6.43. The minimum atomic E-state index is -4.33. The van der Waals surface area contributed by atoms with Crippen molar-refractivity contribution in [1.29, 1.82) is 0 Å². The molecule has 0 radical (unpaired) electrons. The summed E-state index contributed by atoms with van der Waals surface area (Å²) in [6.07, 6.45) is 2.46. The van der Waals surface area contributed by atoms with E-state index >= 15 is 0 Å². The number of carbonyl (C=O) groups is 1. The number of rotatable bonds is 2. The molecule has 1 aromatic rings. The van der Waals surface area contributed by atoms with Crippen molar-refractivity contribution < 1.29 is 18.0 Å². The molecule has 2 nitrogen and oxygen atoms in total. The van der Waals surface area contributed by atoms with Crippen LogP contribution >= 0.6 is 0 Å². The third kappa shape index (κ3) is 3.44. The normalized spacial score (nSPS) is 22.0. The highest BCUT2D eigenvalue weighted by Gasteiger charge is 2.48. The number of alkyl halides is 3. The Bertz CT molecular complexity index is 588. The number of hydrogen-bond acceptors (Lipinski definition) is 1. The van der Waals surface area contributed by atoms with Gasteiger partial charge in [0.05, 0.1) is 5.92 Å². The van der Waals surface area contributed by atoms with Gasteiger partial charge in [0.2, 0.25) is 5.91 Å². The maximum absolute atomic E-state index is 13.1. The first-order valence-electron chi connectivity index (χ1n) is 7.25. The van der Waals surface area contributed by atoms with Crippen LogP contribution in [0.3, 0.4) is 0 Å². The van der Waals surface area contributed by atoms with Crippen LogP contribution in [0.2, 0.25) is 0 Å². The van der Waals surface area contributed by atoms with Gasteiger partial charge in [-0.05, 0) is 31.0 Å².